The fourth-order valence-electron chi connectivity index (χ4n) is 12.1. The van der Waals surface area contributed by atoms with Crippen LogP contribution < -0.4 is 45.1 Å². The minimum absolute atomic E-state index is 0.0158. The van der Waals surface area contributed by atoms with Gasteiger partial charge in [-0.15, -0.1) is 44.2 Å². The standard InChI is InChI=1S/C25H20N2O7S.C22H15ClN2O4S.C21H20N2O2S.C11H10N2O2.C9H10N6O3S/c1-3-33-24(30)16-7-9-17(10-8-16)27-23(29)18(22(28)26-27)13-15-6-11-19(20(14-15)32-2)34-25(31)21-5-4-12-35-21;1-13-10-15(7-8-18(13)23)25-21(27)17(20(26)24-25)12-14-4-2-5-16(11-14)29-22(28)19-6-3-9-30-19;1-4-13-9-14(16(24)10-17(13)25-3)20-19(12(2)11-22-20)21-23-15-7-5-6-8-18(15)26-21;14-10-4-2-1-3-9(10)11(15)7-8-5-6-12-13-8;1-2-18-6(16)3-5-13-15-9(19-5)12-8(17)7-10-4-11-14-7/h4-14H,3H2,1-2H3,(H,26,28);2-12H,1H3,(H,24,26);5-10,24H,4,11H2,1-3H3;1-4,6,14H,5,7H2;4H,2-3H2,1H3,(H,10,11,14)(H,12,15,17)/b18-13-;17-12+;;;. The van der Waals surface area contributed by atoms with Crippen LogP contribution >= 0.6 is 56.9 Å². The van der Waals surface area contributed by atoms with E-state index in [4.69, 9.17) is 50.0 Å². The van der Waals surface area contributed by atoms with E-state index in [2.05, 4.69) is 71.7 Å². The number of Topliss-reactive ketones (excluding diaryl/α,β-unsaturated/α-hetero) is 1. The van der Waals surface area contributed by atoms with Gasteiger partial charge in [0.25, 0.3) is 29.5 Å². The molecule has 2 fully saturated rings. The Morgan fingerprint density at radius 1 is 0.640 bits per heavy atom. The van der Waals surface area contributed by atoms with E-state index in [1.54, 1.807) is 152 Å². The average molecular weight is 1780 g/mol. The number of hydrogen-bond donors (Lipinski definition) is 6. The van der Waals surface area contributed by atoms with Crippen LogP contribution in [0.2, 0.25) is 5.02 Å². The minimum atomic E-state index is -0.586. The summed E-state index contributed by atoms with van der Waals surface area (Å²) in [6, 6.07) is 47.6. The molecule has 636 valence electrons. The number of halogens is 1. The van der Waals surface area contributed by atoms with Crippen LogP contribution in [0.5, 0.6) is 34.5 Å². The smallest absolute Gasteiger partial charge is 0.353 e. The number of phenolic OH excluding ortho intramolecular Hbond substituents is 2. The van der Waals surface area contributed by atoms with Crippen LogP contribution in [0.25, 0.3) is 27.9 Å². The van der Waals surface area contributed by atoms with Gasteiger partial charge >= 0.3 is 23.9 Å². The molecule has 5 aromatic heterocycles. The third-order valence-corrected chi connectivity index (χ3v) is 22.1. The van der Waals surface area contributed by atoms with E-state index in [0.29, 0.717) is 84.5 Å². The van der Waals surface area contributed by atoms with Crippen molar-refractivity contribution >= 4 is 178 Å². The summed E-state index contributed by atoms with van der Waals surface area (Å²) in [4.78, 5) is 136. The number of aryl methyl sites for hydroxylation is 2. The van der Waals surface area contributed by atoms with E-state index in [0.717, 1.165) is 71.7 Å². The Bertz CT molecular complexity index is 6250. The number of aromatic hydroxyl groups is 2. The number of amides is 5. The second-order valence-electron chi connectivity index (χ2n) is 26.6. The molecule has 12 aromatic rings. The number of thiazole rings is 1. The lowest BCUT2D eigenvalue weighted by Gasteiger charge is -2.15. The summed E-state index contributed by atoms with van der Waals surface area (Å²) in [5.41, 5.74) is 14.9. The number of methoxy groups -OCH3 is 2. The average Bonchev–Trinajstić information content (AvgIpc) is 1.64. The topological polar surface area (TPSA) is 426 Å². The maximum Gasteiger partial charge on any atom is 0.353 e. The molecule has 0 spiro atoms. The van der Waals surface area contributed by atoms with Crippen LogP contribution in [-0.4, -0.2) is 151 Å². The van der Waals surface area contributed by atoms with E-state index >= 15 is 0 Å². The Morgan fingerprint density at radius 2 is 1.31 bits per heavy atom. The highest BCUT2D eigenvalue weighted by atomic mass is 35.5. The number of fused-ring (bicyclic) bond motifs is 1. The Labute approximate surface area is 733 Å². The van der Waals surface area contributed by atoms with Gasteiger partial charge in [-0.3, -0.25) is 59.8 Å². The molecule has 6 N–H and O–H groups in total. The Balaban J connectivity index is 0.000000146. The first kappa shape index (κ1) is 89.4. The van der Waals surface area contributed by atoms with Crippen molar-refractivity contribution in [3.05, 3.63) is 273 Å². The van der Waals surface area contributed by atoms with Gasteiger partial charge in [0.05, 0.1) is 91.0 Å². The summed E-state index contributed by atoms with van der Waals surface area (Å²) in [6.07, 6.45) is 7.46. The van der Waals surface area contributed by atoms with Crippen LogP contribution in [0.4, 0.5) is 16.5 Å². The molecule has 0 radical (unpaired) electrons. The lowest BCUT2D eigenvalue weighted by molar-refractivity contribution is -0.142. The number of carbonyl (C=O) groups excluding carboxylic acids is 10. The maximum atomic E-state index is 12.9. The number of ketones is 1. The Hall–Kier alpha value is -14.9. The number of hydrazine groups is 2. The fourth-order valence-corrected chi connectivity index (χ4v) is 15.2. The predicted octanol–water partition coefficient (Wildman–Crippen LogP) is 14.7. The molecule has 0 aliphatic carbocycles. The molecular formula is C88H75ClN14O18S4. The fraction of sp³-hybridized carbons (Fsp3) is 0.159. The van der Waals surface area contributed by atoms with Crippen LogP contribution in [0.3, 0.4) is 0 Å². The molecule has 0 atom stereocenters. The van der Waals surface area contributed by atoms with Crippen molar-refractivity contribution in [1.82, 2.24) is 41.2 Å². The SMILES string of the molecule is CCOC(=O)Cc1nnc(NC(=O)c2ncn[nH]2)s1.CCOC(=O)c1ccc(N2NC(=O)/C(=C/c3ccc(OC(=O)c4cccs4)c(OC)c3)C2=O)cc1.CCc1cc(C2=NCC(C)=C2c2nc3ccccc3s2)c(O)cc1OC.Cc1cc(N2NC(=O)/C(=C\c3cccc(OC(=O)c4cccs4)c3)C2=O)ccc1Cl.O=C(CC1=NN=CC1)c1ccccc1O. The number of thiophene rings is 2. The number of allylic oxidation sites excluding steroid dienone is 1. The van der Waals surface area contributed by atoms with Crippen molar-refractivity contribution in [3.8, 4) is 34.5 Å². The number of H-pyrrole nitrogens is 1. The number of carbonyl (C=O) groups is 10. The zero-order chi connectivity index (χ0) is 88.8. The molecule has 0 bridgehead atoms. The first-order valence-corrected chi connectivity index (χ1v) is 41.8. The lowest BCUT2D eigenvalue weighted by Crippen LogP contribution is -2.35. The second-order valence-corrected chi connectivity index (χ2v) is 31.0. The second kappa shape index (κ2) is 42.1. The van der Waals surface area contributed by atoms with Crippen molar-refractivity contribution in [2.24, 2.45) is 15.2 Å². The summed E-state index contributed by atoms with van der Waals surface area (Å²) < 4.78 is 32.4. The van der Waals surface area contributed by atoms with Crippen LogP contribution in [0.1, 0.15) is 129 Å². The summed E-state index contributed by atoms with van der Waals surface area (Å²) in [5.74, 6) is -2.83. The van der Waals surface area contributed by atoms with Gasteiger partial charge in [-0.05, 0) is 194 Å². The molecular weight excluding hydrogens is 1700 g/mol. The van der Waals surface area contributed by atoms with Crippen molar-refractivity contribution in [3.63, 3.8) is 0 Å². The summed E-state index contributed by atoms with van der Waals surface area (Å²) in [7, 11) is 3.04. The molecule has 2 saturated heterocycles. The minimum Gasteiger partial charge on any atom is -0.507 e. The van der Waals surface area contributed by atoms with Gasteiger partial charge in [-0.1, -0.05) is 84.5 Å². The van der Waals surface area contributed by atoms with Crippen LogP contribution in [-0.2, 0) is 46.3 Å². The predicted molar refractivity (Wildman–Crippen MR) is 474 cm³/mol. The largest absolute Gasteiger partial charge is 0.507 e. The number of hydrogen-bond acceptors (Lipinski definition) is 30. The molecule has 32 nitrogen and oxygen atoms in total. The third kappa shape index (κ3) is 22.7. The number of rotatable bonds is 23. The highest BCUT2D eigenvalue weighted by Gasteiger charge is 2.37. The van der Waals surface area contributed by atoms with Crippen LogP contribution in [0.15, 0.2) is 219 Å². The normalized spacial score (nSPS) is 13.7. The monoisotopic (exact) mass is 1780 g/mol. The highest BCUT2D eigenvalue weighted by molar-refractivity contribution is 7.20. The molecule has 4 aliphatic heterocycles. The van der Waals surface area contributed by atoms with Gasteiger partial charge in [0.2, 0.25) is 11.0 Å². The summed E-state index contributed by atoms with van der Waals surface area (Å²) in [5, 5.41) is 51.6. The summed E-state index contributed by atoms with van der Waals surface area (Å²) >= 11 is 11.3. The number of aromatic nitrogens is 6. The van der Waals surface area contributed by atoms with Crippen molar-refractivity contribution < 1.29 is 86.6 Å². The van der Waals surface area contributed by atoms with E-state index < -0.39 is 47.4 Å². The van der Waals surface area contributed by atoms with Crippen LogP contribution in [0, 0.1) is 6.92 Å². The van der Waals surface area contributed by atoms with Gasteiger partial charge in [-0.25, -0.2) is 34.4 Å². The van der Waals surface area contributed by atoms with Gasteiger partial charge in [-0.2, -0.15) is 15.3 Å². The van der Waals surface area contributed by atoms with Gasteiger partial charge in [0, 0.05) is 34.9 Å². The molecule has 0 saturated carbocycles. The molecule has 37 heteroatoms. The number of nitrogens with one attached hydrogen (secondary N) is 4. The zero-order valence-electron chi connectivity index (χ0n) is 67.5. The number of benzene rings is 7. The van der Waals surface area contributed by atoms with Crippen molar-refractivity contribution in [2.45, 2.75) is 60.3 Å². The van der Waals surface area contributed by atoms with Gasteiger partial charge in [0.1, 0.15) is 60.2 Å². The Morgan fingerprint density at radius 3 is 1.94 bits per heavy atom. The van der Waals surface area contributed by atoms with Gasteiger partial charge in [0.15, 0.2) is 17.3 Å². The van der Waals surface area contributed by atoms with E-state index in [1.807, 2.05) is 31.2 Å². The molecule has 9 heterocycles. The Kier molecular flexibility index (Phi) is 30.1. The first-order chi connectivity index (χ1) is 60.4. The number of anilines is 3. The molecule has 7 aromatic carbocycles. The number of aliphatic imine (C=N–C) groups is 1. The third-order valence-electron chi connectivity index (χ3n) is 18.1. The molecule has 5 amide bonds. The molecule has 4 aliphatic rings. The number of nitrogens with zero attached hydrogens (tertiary/aromatic N) is 10. The maximum absolute atomic E-state index is 12.9. The van der Waals surface area contributed by atoms with E-state index in [9.17, 15) is 58.2 Å². The number of para-hydroxylation sites is 2. The number of aromatic amines is 1. The number of esters is 4. The van der Waals surface area contributed by atoms with E-state index in [1.165, 1.54) is 95.2 Å². The van der Waals surface area contributed by atoms with Gasteiger partial charge < -0.3 is 38.6 Å². The number of phenols is 2. The number of ether oxygens (including phenoxy) is 6. The molecule has 16 rings (SSSR count). The van der Waals surface area contributed by atoms with Crippen molar-refractivity contribution in [1.29, 1.82) is 0 Å². The first-order valence-electron chi connectivity index (χ1n) is 38.0. The molecule has 125 heavy (non-hydrogen) atoms. The zero-order valence-corrected chi connectivity index (χ0v) is 71.5. The van der Waals surface area contributed by atoms with E-state index in [-0.39, 0.29) is 76.3 Å². The lowest BCUT2D eigenvalue weighted by atomic mass is 9.97. The molecule has 0 unspecified atom stereocenters. The van der Waals surface area contributed by atoms with Crippen molar-refractivity contribution in [2.75, 3.05) is 49.3 Å². The summed E-state index contributed by atoms with van der Waals surface area (Å²) in [6.45, 7) is 10.6. The quantitative estimate of drug-likeness (QED) is 0.0114. The highest BCUT2D eigenvalue weighted by Crippen LogP contribution is 2.40.